The molecule has 0 unspecified atom stereocenters. The predicted octanol–water partition coefficient (Wildman–Crippen LogP) is -1.96. The van der Waals surface area contributed by atoms with E-state index in [1.54, 1.807) is 0 Å². The minimum atomic E-state index is -3.97. The van der Waals surface area contributed by atoms with Crippen molar-refractivity contribution in [1.29, 1.82) is 0 Å². The maximum Gasteiger partial charge on any atom is 0.409 e. The van der Waals surface area contributed by atoms with Crippen molar-refractivity contribution in [2.75, 3.05) is 6.16 Å². The van der Waals surface area contributed by atoms with Gasteiger partial charge in [0, 0.05) is 0 Å². The van der Waals surface area contributed by atoms with E-state index in [1.165, 1.54) is 0 Å². The van der Waals surface area contributed by atoms with Crippen molar-refractivity contribution in [3.05, 3.63) is 0 Å². The van der Waals surface area contributed by atoms with Crippen LogP contribution in [-0.4, -0.2) is 37.3 Å². The molecule has 0 aliphatic heterocycles. The summed E-state index contributed by atoms with van der Waals surface area (Å²) < 4.78 is 0. The van der Waals surface area contributed by atoms with Gasteiger partial charge in [-0.3, -0.25) is 0 Å². The quantitative estimate of drug-likeness (QED) is 0.228. The molecular weight excluding hydrogens is 135 g/mol. The Balaban J connectivity index is 3.39. The van der Waals surface area contributed by atoms with Crippen molar-refractivity contribution in [3.8, 4) is 0 Å². The lowest BCUT2D eigenvalue weighted by molar-refractivity contribution is -0.0242. The molecule has 0 aliphatic rings. The van der Waals surface area contributed by atoms with Crippen LogP contribution in [0, 0.1) is 0 Å². The molecule has 0 amide bonds. The van der Waals surface area contributed by atoms with E-state index in [0.29, 0.717) is 0 Å². The topological polar surface area (TPSA) is 101 Å². The Morgan fingerprint density at radius 3 is 1.50 bits per heavy atom. The van der Waals surface area contributed by atoms with Crippen LogP contribution in [0.25, 0.3) is 0 Å². The normalized spacial score (nSPS) is 12.8. The summed E-state index contributed by atoms with van der Waals surface area (Å²) in [5, 5.41) is 16.0. The van der Waals surface area contributed by atoms with Crippen LogP contribution < -0.4 is 0 Å². The molecule has 0 aromatic carbocycles. The maximum atomic E-state index is 8.09. The molecule has 5 N–H and O–H groups in total. The number of hydrogen-bond acceptors (Lipinski definition) is 5. The molecule has 0 spiro atoms. The van der Waals surface area contributed by atoms with E-state index in [1.807, 2.05) is 0 Å². The van der Waals surface area contributed by atoms with Crippen LogP contribution >= 0.6 is 7.94 Å². The van der Waals surface area contributed by atoms with Gasteiger partial charge in [0.1, 0.15) is 0 Å². The molecule has 0 heterocycles. The Kier molecular flexibility index (Phi) is 2.76. The molecule has 6 heteroatoms. The zero-order valence-electron chi connectivity index (χ0n) is 3.97. The van der Waals surface area contributed by atoms with Gasteiger partial charge in [-0.15, -0.1) is 0 Å². The van der Waals surface area contributed by atoms with Crippen molar-refractivity contribution in [2.45, 2.75) is 6.29 Å². The summed E-state index contributed by atoms with van der Waals surface area (Å²) in [7, 11) is -3.97. The molecule has 50 valence electrons. The molecule has 8 heavy (non-hydrogen) atoms. The van der Waals surface area contributed by atoms with Crippen LogP contribution in [0.15, 0.2) is 0 Å². The van der Waals surface area contributed by atoms with Crippen molar-refractivity contribution in [2.24, 2.45) is 0 Å². The minimum Gasteiger partial charge on any atom is -0.365 e. The van der Waals surface area contributed by atoms with Gasteiger partial charge in [0.2, 0.25) is 0 Å². The Morgan fingerprint density at radius 1 is 1.12 bits per heavy atom. The smallest absolute Gasteiger partial charge is 0.365 e. The highest BCUT2D eigenvalue weighted by Gasteiger charge is 2.32. The zero-order chi connectivity index (χ0) is 6.78. The monoisotopic (exact) mass is 143 g/mol. The third kappa shape index (κ3) is 6.23. The van der Waals surface area contributed by atoms with Gasteiger partial charge in [-0.25, -0.2) is 0 Å². The van der Waals surface area contributed by atoms with Gasteiger partial charge >= 0.3 is 7.94 Å². The fourth-order valence-corrected chi connectivity index (χ4v) is 0.657. The summed E-state index contributed by atoms with van der Waals surface area (Å²) in [6.45, 7) is 0. The predicted molar refractivity (Wildman–Crippen MR) is 26.7 cm³/mol. The summed E-state index contributed by atoms with van der Waals surface area (Å²) in [5.74, 6) is 0. The van der Waals surface area contributed by atoms with Crippen molar-refractivity contribution in [3.63, 3.8) is 0 Å². The van der Waals surface area contributed by atoms with Crippen molar-refractivity contribution < 1.29 is 24.9 Å². The Labute approximate surface area is 46.4 Å². The zero-order valence-corrected chi connectivity index (χ0v) is 4.86. The van der Waals surface area contributed by atoms with Crippen LogP contribution in [0.3, 0.4) is 0 Å². The molecular formula is C2H8O5P+. The standard InChI is InChI=1S/C2H8O5P/c3-2(4)1-8(5,6)7/h2-7H,1H2/q+1. The molecule has 0 aromatic rings. The summed E-state index contributed by atoms with van der Waals surface area (Å²) in [6, 6.07) is 0. The van der Waals surface area contributed by atoms with Crippen LogP contribution in [0.2, 0.25) is 0 Å². The lowest BCUT2D eigenvalue weighted by Crippen LogP contribution is -2.13. The third-order valence-corrected chi connectivity index (χ3v) is 1.22. The second kappa shape index (κ2) is 2.68. The summed E-state index contributed by atoms with van der Waals surface area (Å²) in [6.07, 6.45) is -2.64. The van der Waals surface area contributed by atoms with E-state index in [4.69, 9.17) is 24.9 Å². The van der Waals surface area contributed by atoms with E-state index < -0.39 is 20.4 Å². The first-order chi connectivity index (χ1) is 3.42. The van der Waals surface area contributed by atoms with E-state index in [9.17, 15) is 0 Å². The average molecular weight is 143 g/mol. The van der Waals surface area contributed by atoms with Gasteiger partial charge in [-0.2, -0.15) is 14.7 Å². The highest BCUT2D eigenvalue weighted by Crippen LogP contribution is 2.44. The lowest BCUT2D eigenvalue weighted by Gasteiger charge is -2.03. The molecule has 5 nitrogen and oxygen atoms in total. The number of rotatable bonds is 2. The maximum absolute atomic E-state index is 8.09. The first kappa shape index (κ1) is 8.23. The van der Waals surface area contributed by atoms with Gasteiger partial charge in [-0.1, -0.05) is 0 Å². The first-order valence-electron chi connectivity index (χ1n) is 1.84. The number of aliphatic hydroxyl groups is 2. The SMILES string of the molecule is OC(O)C[P+](O)(O)O. The van der Waals surface area contributed by atoms with Crippen LogP contribution in [0.1, 0.15) is 0 Å². The van der Waals surface area contributed by atoms with Crippen LogP contribution in [0.4, 0.5) is 0 Å². The third-order valence-electron chi connectivity index (χ3n) is 0.408. The molecule has 0 atom stereocenters. The number of aliphatic hydroxyl groups excluding tert-OH is 1. The molecule has 0 aliphatic carbocycles. The fourth-order valence-electron chi connectivity index (χ4n) is 0.219. The molecule has 0 aromatic heterocycles. The van der Waals surface area contributed by atoms with E-state index in [-0.39, 0.29) is 0 Å². The van der Waals surface area contributed by atoms with Crippen molar-refractivity contribution >= 4 is 7.94 Å². The molecule has 0 radical (unpaired) electrons. The second-order valence-electron chi connectivity index (χ2n) is 1.36. The van der Waals surface area contributed by atoms with E-state index in [0.717, 1.165) is 0 Å². The Morgan fingerprint density at radius 2 is 1.50 bits per heavy atom. The van der Waals surface area contributed by atoms with E-state index >= 15 is 0 Å². The molecule has 0 fully saturated rings. The van der Waals surface area contributed by atoms with Gasteiger partial charge in [0.25, 0.3) is 0 Å². The van der Waals surface area contributed by atoms with Crippen molar-refractivity contribution in [1.82, 2.24) is 0 Å². The summed E-state index contributed by atoms with van der Waals surface area (Å²) in [5.41, 5.74) is 0. The second-order valence-corrected chi connectivity index (χ2v) is 3.11. The van der Waals surface area contributed by atoms with E-state index in [2.05, 4.69) is 0 Å². The first-order valence-corrected chi connectivity index (χ1v) is 3.67. The Bertz CT molecular complexity index is 65.3. The highest BCUT2D eigenvalue weighted by molar-refractivity contribution is 7.58. The van der Waals surface area contributed by atoms with Crippen LogP contribution in [-0.2, 0) is 0 Å². The largest absolute Gasteiger partial charge is 0.409 e. The average Bonchev–Trinajstić information content (AvgIpc) is 1.21. The highest BCUT2D eigenvalue weighted by atomic mass is 31.2. The summed E-state index contributed by atoms with van der Waals surface area (Å²) in [4.78, 5) is 24.3. The van der Waals surface area contributed by atoms with Gasteiger partial charge in [0.15, 0.2) is 12.5 Å². The fraction of sp³-hybridized carbons (Fsp3) is 1.00. The molecule has 0 rings (SSSR count). The lowest BCUT2D eigenvalue weighted by atomic mass is 10.8. The summed E-state index contributed by atoms with van der Waals surface area (Å²) >= 11 is 0. The molecule has 0 saturated carbocycles. The minimum absolute atomic E-state index is 0.785. The van der Waals surface area contributed by atoms with Gasteiger partial charge in [-0.05, 0) is 0 Å². The van der Waals surface area contributed by atoms with Gasteiger partial charge < -0.3 is 10.2 Å². The number of hydrogen-bond donors (Lipinski definition) is 5. The molecule has 0 bridgehead atoms. The van der Waals surface area contributed by atoms with Crippen LogP contribution in [0.5, 0.6) is 0 Å². The Hall–Kier alpha value is 0.230. The van der Waals surface area contributed by atoms with Gasteiger partial charge in [0.05, 0.1) is 0 Å². The molecule has 0 saturated heterocycles.